The third-order valence-electron chi connectivity index (χ3n) is 3.10. The molecule has 146 valence electrons. The number of hydrogen-bond donors (Lipinski definition) is 0. The van der Waals surface area contributed by atoms with E-state index < -0.39 is 0 Å². The molecule has 0 aliphatic carbocycles. The molecule has 0 saturated heterocycles. The van der Waals surface area contributed by atoms with Gasteiger partial charge in [0.05, 0.1) is 0 Å². The van der Waals surface area contributed by atoms with Crippen molar-refractivity contribution in [2.45, 2.75) is 26.9 Å². The molecule has 2 radical (unpaired) electrons. The molecule has 0 fully saturated rings. The average Bonchev–Trinajstić information content (AvgIpc) is 3.33. The molecule has 0 bridgehead atoms. The van der Waals surface area contributed by atoms with Crippen LogP contribution in [0.15, 0.2) is 84.9 Å². The van der Waals surface area contributed by atoms with Crippen molar-refractivity contribution in [2.24, 2.45) is 0 Å². The minimum atomic E-state index is 0. The van der Waals surface area contributed by atoms with Crippen molar-refractivity contribution in [3.05, 3.63) is 84.9 Å². The van der Waals surface area contributed by atoms with Gasteiger partial charge in [-0.15, -0.1) is 72.5 Å². The standard InChI is InChI=1S/2C9H7.2C2H5O.C2H6Si.Hf/c2*1-2-5-9-7-3-6-8(9)4-1;2*1-2-3;1-3-2;/h2*1-7H;2*2H2,1H3;1-2H3;/q4*-1;;+4. The number of hydrogen-bond acceptors (Lipinski definition) is 2. The van der Waals surface area contributed by atoms with E-state index in [-0.39, 0.29) is 39.1 Å². The average molecular weight is 557 g/mol. The summed E-state index contributed by atoms with van der Waals surface area (Å²) in [4.78, 5) is 0. The largest absolute Gasteiger partial charge is 4.00 e. The van der Waals surface area contributed by atoms with Crippen molar-refractivity contribution >= 4 is 31.1 Å². The first-order valence-corrected chi connectivity index (χ1v) is 11.1. The Labute approximate surface area is 191 Å². The molecule has 0 aliphatic heterocycles. The predicted octanol–water partition coefficient (Wildman–Crippen LogP) is 4.63. The third-order valence-corrected chi connectivity index (χ3v) is 3.10. The van der Waals surface area contributed by atoms with Gasteiger partial charge in [0.15, 0.2) is 0 Å². The molecule has 28 heavy (non-hydrogen) atoms. The van der Waals surface area contributed by atoms with Crippen LogP contribution in [0.5, 0.6) is 0 Å². The first kappa shape index (κ1) is 28.9. The topological polar surface area (TPSA) is 46.1 Å². The van der Waals surface area contributed by atoms with Crippen LogP contribution in [0.1, 0.15) is 13.8 Å². The number of fused-ring (bicyclic) bond motifs is 2. The van der Waals surface area contributed by atoms with E-state index in [1.165, 1.54) is 21.5 Å². The molecule has 0 aliphatic rings. The first-order chi connectivity index (χ1) is 13.2. The molecule has 4 aromatic rings. The number of rotatable bonds is 0. The zero-order valence-electron chi connectivity index (χ0n) is 17.3. The molecular formula is C24H30HfO2Si. The van der Waals surface area contributed by atoms with Crippen LogP contribution in [-0.4, -0.2) is 22.7 Å². The van der Waals surface area contributed by atoms with Gasteiger partial charge in [-0.1, -0.05) is 39.1 Å². The first-order valence-electron chi connectivity index (χ1n) is 9.13. The van der Waals surface area contributed by atoms with E-state index in [0.717, 1.165) is 9.52 Å². The van der Waals surface area contributed by atoms with E-state index in [0.29, 0.717) is 0 Å². The SMILES string of the molecule is CC[O-].CC[O-].C[Si]C.[Hf+4].c1ccc2[cH-]ccc2c1.c1ccc2[cH-]ccc2c1. The van der Waals surface area contributed by atoms with Crippen LogP contribution in [0.3, 0.4) is 0 Å². The van der Waals surface area contributed by atoms with Crippen LogP contribution >= 0.6 is 0 Å². The summed E-state index contributed by atoms with van der Waals surface area (Å²) in [6.45, 7) is 7.44. The summed E-state index contributed by atoms with van der Waals surface area (Å²) in [5, 5.41) is 23.2. The molecule has 0 amide bonds. The normalized spacial score (nSPS) is 8.50. The Kier molecular flexibility index (Phi) is 21.0. The minimum absolute atomic E-state index is 0. The van der Waals surface area contributed by atoms with Crippen LogP contribution < -0.4 is 10.2 Å². The Morgan fingerprint density at radius 3 is 1.25 bits per heavy atom. The van der Waals surface area contributed by atoms with Gasteiger partial charge in [-0.3, -0.25) is 0 Å². The van der Waals surface area contributed by atoms with Crippen LogP contribution in [0.4, 0.5) is 0 Å². The van der Waals surface area contributed by atoms with Gasteiger partial charge in [-0.2, -0.15) is 35.0 Å². The molecule has 0 atom stereocenters. The second-order valence-corrected chi connectivity index (χ2v) is 6.39. The summed E-state index contributed by atoms with van der Waals surface area (Å²) in [6.07, 6.45) is 0. The van der Waals surface area contributed by atoms with Gasteiger partial charge in [-0.25, -0.2) is 0 Å². The summed E-state index contributed by atoms with van der Waals surface area (Å²) in [6, 6.07) is 29.3. The zero-order chi connectivity index (χ0) is 20.3. The van der Waals surface area contributed by atoms with Crippen molar-refractivity contribution in [3.8, 4) is 0 Å². The van der Waals surface area contributed by atoms with Crippen LogP contribution in [-0.2, 0) is 25.8 Å². The fourth-order valence-corrected chi connectivity index (χ4v) is 2.14. The van der Waals surface area contributed by atoms with Gasteiger partial charge in [-0.05, 0) is 0 Å². The maximum absolute atomic E-state index is 8.93. The molecule has 4 aromatic carbocycles. The van der Waals surface area contributed by atoms with Gasteiger partial charge in [0, 0.05) is 9.52 Å². The van der Waals surface area contributed by atoms with E-state index in [2.05, 4.69) is 98.0 Å². The van der Waals surface area contributed by atoms with Gasteiger partial charge >= 0.3 is 25.8 Å². The van der Waals surface area contributed by atoms with Crippen LogP contribution in [0.25, 0.3) is 21.5 Å². The van der Waals surface area contributed by atoms with E-state index in [1.807, 2.05) is 0 Å². The molecule has 0 heterocycles. The molecule has 0 aromatic heterocycles. The van der Waals surface area contributed by atoms with E-state index in [4.69, 9.17) is 10.2 Å². The van der Waals surface area contributed by atoms with Crippen molar-refractivity contribution in [3.63, 3.8) is 0 Å². The Bertz CT molecular complexity index is 677. The second kappa shape index (κ2) is 20.4. The summed E-state index contributed by atoms with van der Waals surface area (Å²) in [5.74, 6) is 0. The van der Waals surface area contributed by atoms with E-state index in [9.17, 15) is 0 Å². The fraction of sp³-hybridized carbons (Fsp3) is 0.250. The Morgan fingerprint density at radius 1 is 0.679 bits per heavy atom. The smallest absolute Gasteiger partial charge is 0.855 e. The predicted molar refractivity (Wildman–Crippen MR) is 118 cm³/mol. The Balaban J connectivity index is 0. The fourth-order valence-electron chi connectivity index (χ4n) is 2.14. The molecular weight excluding hydrogens is 527 g/mol. The molecule has 4 rings (SSSR count). The van der Waals surface area contributed by atoms with Crippen molar-refractivity contribution in [1.29, 1.82) is 0 Å². The van der Waals surface area contributed by atoms with E-state index >= 15 is 0 Å². The zero-order valence-corrected chi connectivity index (χ0v) is 21.9. The molecule has 0 saturated carbocycles. The summed E-state index contributed by atoms with van der Waals surface area (Å²) in [7, 11) is 1.08. The van der Waals surface area contributed by atoms with E-state index in [1.54, 1.807) is 13.8 Å². The maximum atomic E-state index is 8.93. The molecule has 0 unspecified atom stereocenters. The summed E-state index contributed by atoms with van der Waals surface area (Å²) < 4.78 is 0. The Hall–Kier alpha value is -1.33. The van der Waals surface area contributed by atoms with Gasteiger partial charge < -0.3 is 10.2 Å². The maximum Gasteiger partial charge on any atom is 4.00 e. The van der Waals surface area contributed by atoms with Gasteiger partial charge in [0.1, 0.15) is 0 Å². The third kappa shape index (κ3) is 12.9. The quantitative estimate of drug-likeness (QED) is 0.234. The minimum Gasteiger partial charge on any atom is -0.855 e. The molecule has 0 N–H and O–H groups in total. The van der Waals surface area contributed by atoms with Gasteiger partial charge in [0.25, 0.3) is 0 Å². The molecule has 4 heteroatoms. The summed E-state index contributed by atoms with van der Waals surface area (Å²) in [5.41, 5.74) is 0. The van der Waals surface area contributed by atoms with Gasteiger partial charge in [0.2, 0.25) is 0 Å². The van der Waals surface area contributed by atoms with Crippen molar-refractivity contribution in [2.75, 3.05) is 13.2 Å². The van der Waals surface area contributed by atoms with Crippen LogP contribution in [0.2, 0.25) is 13.1 Å². The van der Waals surface area contributed by atoms with Crippen molar-refractivity contribution in [1.82, 2.24) is 0 Å². The Morgan fingerprint density at radius 2 is 0.964 bits per heavy atom. The molecule has 2 nitrogen and oxygen atoms in total. The molecule has 0 spiro atoms. The second-order valence-electron chi connectivity index (χ2n) is 5.39. The number of benzene rings is 2. The van der Waals surface area contributed by atoms with Crippen LogP contribution in [0, 0.1) is 0 Å². The van der Waals surface area contributed by atoms with Crippen molar-refractivity contribution < 1.29 is 36.1 Å². The summed E-state index contributed by atoms with van der Waals surface area (Å²) >= 11 is 0. The monoisotopic (exact) mass is 558 g/mol.